The van der Waals surface area contributed by atoms with Crippen molar-refractivity contribution in [2.45, 2.75) is 0 Å². The van der Waals surface area contributed by atoms with E-state index in [9.17, 15) is 10.1 Å². The lowest BCUT2D eigenvalue weighted by Gasteiger charge is -2.31. The first-order chi connectivity index (χ1) is 13.1. The molecule has 0 bridgehead atoms. The van der Waals surface area contributed by atoms with Crippen LogP contribution in [0.4, 0.5) is 22.7 Å². The van der Waals surface area contributed by atoms with E-state index in [1.54, 1.807) is 18.3 Å². The minimum atomic E-state index is -0.435. The Kier molecular flexibility index (Phi) is 4.22. The van der Waals surface area contributed by atoms with Crippen LogP contribution in [0.15, 0.2) is 89.2 Å². The van der Waals surface area contributed by atoms with E-state index < -0.39 is 4.92 Å². The van der Waals surface area contributed by atoms with Gasteiger partial charge in [-0.15, -0.1) is 0 Å². The second kappa shape index (κ2) is 6.84. The summed E-state index contributed by atoms with van der Waals surface area (Å²) < 4.78 is 0. The number of nitro benzene ring substituents is 1. The Morgan fingerprint density at radius 1 is 0.889 bits per heavy atom. The molecule has 4 rings (SSSR count). The Morgan fingerprint density at radius 2 is 1.44 bits per heavy atom. The number of benzene rings is 3. The molecule has 0 N–H and O–H groups in total. The van der Waals surface area contributed by atoms with E-state index in [-0.39, 0.29) is 5.69 Å². The maximum atomic E-state index is 10.7. The third kappa shape index (κ3) is 3.08. The van der Waals surface area contributed by atoms with Crippen molar-refractivity contribution in [3.63, 3.8) is 0 Å². The molecule has 0 fully saturated rings. The second-order valence-electron chi connectivity index (χ2n) is 6.13. The smallest absolute Gasteiger partial charge is 0.269 e. The van der Waals surface area contributed by atoms with Crippen molar-refractivity contribution in [1.29, 1.82) is 0 Å². The van der Waals surface area contributed by atoms with Gasteiger partial charge in [0.2, 0.25) is 0 Å². The van der Waals surface area contributed by atoms with Gasteiger partial charge in [-0.3, -0.25) is 10.1 Å². The molecule has 1 aliphatic heterocycles. The van der Waals surface area contributed by atoms with E-state index in [1.807, 2.05) is 31.3 Å². The largest absolute Gasteiger partial charge is 0.344 e. The fraction of sp³-hybridized carbons (Fsp3) is 0.0476. The first kappa shape index (κ1) is 16.7. The molecule has 0 unspecified atom stereocenters. The summed E-state index contributed by atoms with van der Waals surface area (Å²) in [5.74, 6) is 0. The van der Waals surface area contributed by atoms with Crippen LogP contribution in [-0.4, -0.2) is 12.0 Å². The molecule has 0 spiro atoms. The standard InChI is InChI=1S/C21H16N4O2/c1-24-20-8-4-2-6-17(20)19(18-7-3-5-9-21(18)24)14-22-23-15-10-12-16(13-11-15)25(26)27/h2-14H,1H3. The van der Waals surface area contributed by atoms with Gasteiger partial charge in [0.15, 0.2) is 0 Å². The van der Waals surface area contributed by atoms with Crippen molar-refractivity contribution in [2.24, 2.45) is 10.2 Å². The molecule has 3 aromatic carbocycles. The van der Waals surface area contributed by atoms with E-state index in [0.29, 0.717) is 5.69 Å². The Morgan fingerprint density at radius 3 is 2.00 bits per heavy atom. The van der Waals surface area contributed by atoms with Crippen LogP contribution in [0, 0.1) is 10.1 Å². The van der Waals surface area contributed by atoms with Crippen molar-refractivity contribution in [1.82, 2.24) is 0 Å². The van der Waals surface area contributed by atoms with Gasteiger partial charge in [0.1, 0.15) is 0 Å². The Bertz CT molecular complexity index is 1020. The number of hydrogen-bond donors (Lipinski definition) is 0. The number of nitrogens with zero attached hydrogens (tertiary/aromatic N) is 4. The number of anilines is 2. The van der Waals surface area contributed by atoms with Crippen molar-refractivity contribution >= 4 is 28.3 Å². The quantitative estimate of drug-likeness (QED) is 0.336. The van der Waals surface area contributed by atoms with Gasteiger partial charge in [-0.2, -0.15) is 10.2 Å². The summed E-state index contributed by atoms with van der Waals surface area (Å²) in [7, 11) is 2.05. The molecule has 0 aliphatic carbocycles. The highest BCUT2D eigenvalue weighted by molar-refractivity contribution is 5.97. The molecule has 1 aliphatic rings. The molecule has 3 aromatic rings. The average Bonchev–Trinajstić information content (AvgIpc) is 2.71. The van der Waals surface area contributed by atoms with Crippen LogP contribution in [0.25, 0.3) is 5.57 Å². The number of azo groups is 1. The fourth-order valence-electron chi connectivity index (χ4n) is 3.20. The molecule has 1 heterocycles. The second-order valence-corrected chi connectivity index (χ2v) is 6.13. The molecule has 6 nitrogen and oxygen atoms in total. The number of non-ortho nitro benzene ring substituents is 1. The Balaban J connectivity index is 1.73. The van der Waals surface area contributed by atoms with Gasteiger partial charge < -0.3 is 4.90 Å². The highest BCUT2D eigenvalue weighted by atomic mass is 16.6. The summed E-state index contributed by atoms with van der Waals surface area (Å²) in [6.45, 7) is 0. The molecule has 0 atom stereocenters. The Hall–Kier alpha value is -3.80. The minimum Gasteiger partial charge on any atom is -0.344 e. The first-order valence-electron chi connectivity index (χ1n) is 8.43. The zero-order chi connectivity index (χ0) is 18.8. The topological polar surface area (TPSA) is 71.1 Å². The van der Waals surface area contributed by atoms with Gasteiger partial charge in [-0.25, -0.2) is 0 Å². The van der Waals surface area contributed by atoms with Gasteiger partial charge in [0.25, 0.3) is 5.69 Å². The summed E-state index contributed by atoms with van der Waals surface area (Å²) in [6, 6.07) is 22.3. The molecule has 0 radical (unpaired) electrons. The lowest BCUT2D eigenvalue weighted by molar-refractivity contribution is -0.384. The molecule has 0 saturated carbocycles. The lowest BCUT2D eigenvalue weighted by Crippen LogP contribution is -2.17. The van der Waals surface area contributed by atoms with Crippen LogP contribution < -0.4 is 4.90 Å². The molecular weight excluding hydrogens is 340 g/mol. The number of rotatable bonds is 3. The summed E-state index contributed by atoms with van der Waals surface area (Å²) >= 11 is 0. The van der Waals surface area contributed by atoms with Crippen molar-refractivity contribution in [3.05, 3.63) is 100 Å². The average molecular weight is 356 g/mol. The minimum absolute atomic E-state index is 0.0328. The SMILES string of the molecule is CN1c2ccccc2C(=CN=Nc2ccc([N+](=O)[O-])cc2)c2ccccc21. The fourth-order valence-corrected chi connectivity index (χ4v) is 3.20. The third-order valence-electron chi connectivity index (χ3n) is 4.53. The molecule has 27 heavy (non-hydrogen) atoms. The van der Waals surface area contributed by atoms with Crippen LogP contribution in [0.3, 0.4) is 0 Å². The molecule has 0 saturated heterocycles. The van der Waals surface area contributed by atoms with Crippen LogP contribution in [-0.2, 0) is 0 Å². The molecule has 6 heteroatoms. The monoisotopic (exact) mass is 356 g/mol. The van der Waals surface area contributed by atoms with Crippen molar-refractivity contribution in [3.8, 4) is 0 Å². The van der Waals surface area contributed by atoms with E-state index in [0.717, 1.165) is 28.1 Å². The maximum Gasteiger partial charge on any atom is 0.269 e. The predicted molar refractivity (Wildman–Crippen MR) is 106 cm³/mol. The van der Waals surface area contributed by atoms with Gasteiger partial charge in [-0.1, -0.05) is 36.4 Å². The zero-order valence-electron chi connectivity index (χ0n) is 14.6. The first-order valence-corrected chi connectivity index (χ1v) is 8.43. The summed E-state index contributed by atoms with van der Waals surface area (Å²) in [6.07, 6.45) is 1.74. The predicted octanol–water partition coefficient (Wildman–Crippen LogP) is 5.85. The number of para-hydroxylation sites is 2. The third-order valence-corrected chi connectivity index (χ3v) is 4.53. The van der Waals surface area contributed by atoms with Crippen molar-refractivity contribution < 1.29 is 4.92 Å². The van der Waals surface area contributed by atoms with Crippen LogP contribution in [0.1, 0.15) is 11.1 Å². The van der Waals surface area contributed by atoms with Gasteiger partial charge >= 0.3 is 0 Å². The molecule has 0 aromatic heterocycles. The number of nitro groups is 1. The molecule has 132 valence electrons. The van der Waals surface area contributed by atoms with Gasteiger partial charge in [-0.05, 0) is 24.3 Å². The van der Waals surface area contributed by atoms with Gasteiger partial charge in [0.05, 0.1) is 16.8 Å². The summed E-state index contributed by atoms with van der Waals surface area (Å²) in [5.41, 5.74) is 5.96. The highest BCUT2D eigenvalue weighted by Gasteiger charge is 2.23. The lowest BCUT2D eigenvalue weighted by atomic mass is 9.91. The van der Waals surface area contributed by atoms with Crippen LogP contribution in [0.5, 0.6) is 0 Å². The van der Waals surface area contributed by atoms with Crippen molar-refractivity contribution in [2.75, 3.05) is 11.9 Å². The van der Waals surface area contributed by atoms with E-state index >= 15 is 0 Å². The normalized spacial score (nSPS) is 12.6. The van der Waals surface area contributed by atoms with E-state index in [1.165, 1.54) is 12.1 Å². The van der Waals surface area contributed by atoms with E-state index in [4.69, 9.17) is 0 Å². The maximum absolute atomic E-state index is 10.7. The van der Waals surface area contributed by atoms with Crippen LogP contribution >= 0.6 is 0 Å². The summed E-state index contributed by atoms with van der Waals surface area (Å²) in [5, 5.41) is 19.1. The van der Waals surface area contributed by atoms with Crippen LogP contribution in [0.2, 0.25) is 0 Å². The highest BCUT2D eigenvalue weighted by Crippen LogP contribution is 2.43. The molecule has 0 amide bonds. The number of hydrogen-bond acceptors (Lipinski definition) is 5. The number of fused-ring (bicyclic) bond motifs is 2. The zero-order valence-corrected chi connectivity index (χ0v) is 14.6. The van der Waals surface area contributed by atoms with E-state index in [2.05, 4.69) is 39.4 Å². The molecular formula is C21H16N4O2. The summed E-state index contributed by atoms with van der Waals surface area (Å²) in [4.78, 5) is 12.5. The Labute approximate surface area is 156 Å². The van der Waals surface area contributed by atoms with Gasteiger partial charge in [0, 0.05) is 47.3 Å².